The Morgan fingerprint density at radius 2 is 1.78 bits per heavy atom. The molecular weight excluding hydrogens is 420 g/mol. The smallest absolute Gasteiger partial charge is 0.328 e. The van der Waals surface area contributed by atoms with Crippen molar-refractivity contribution in [2.24, 2.45) is 5.73 Å². The molecule has 11 heteroatoms. The van der Waals surface area contributed by atoms with Gasteiger partial charge in [-0.2, -0.15) is 0 Å². The van der Waals surface area contributed by atoms with E-state index in [2.05, 4.69) is 10.6 Å². The van der Waals surface area contributed by atoms with Crippen LogP contribution in [0, 0.1) is 0 Å². The van der Waals surface area contributed by atoms with Gasteiger partial charge in [0.15, 0.2) is 6.04 Å². The Balaban J connectivity index is 1.97. The second-order valence-corrected chi connectivity index (χ2v) is 7.96. The van der Waals surface area contributed by atoms with E-state index in [1.165, 1.54) is 30.9 Å². The van der Waals surface area contributed by atoms with Crippen LogP contribution in [0.4, 0.5) is 0 Å². The number of nitrogens with zero attached hydrogens (tertiary/aromatic N) is 1. The molecule has 0 aliphatic carbocycles. The minimum absolute atomic E-state index is 0.103. The topological polar surface area (TPSA) is 182 Å². The van der Waals surface area contributed by atoms with Crippen LogP contribution >= 0.6 is 0 Å². The van der Waals surface area contributed by atoms with Crippen LogP contribution in [0.25, 0.3) is 0 Å². The van der Waals surface area contributed by atoms with Gasteiger partial charge in [-0.15, -0.1) is 0 Å². The summed E-state index contributed by atoms with van der Waals surface area (Å²) in [5.74, 6) is -3.01. The number of phenols is 1. The van der Waals surface area contributed by atoms with E-state index in [0.29, 0.717) is 19.4 Å². The number of carbonyl (C=O) groups excluding carboxylic acids is 3. The Labute approximate surface area is 185 Å². The third-order valence-corrected chi connectivity index (χ3v) is 5.35. The number of nitrogens with two attached hydrogens (primary N) is 1. The summed E-state index contributed by atoms with van der Waals surface area (Å²) in [5.41, 5.74) is 6.83. The lowest BCUT2D eigenvalue weighted by atomic mass is 10.0. The standard InChI is InChI=1S/C21H30N4O7/c1-11(18(28)24-17(12(2)26)21(31)32)23-19(29)16-4-3-9-25(16)20(30)15(22)10-13-5-7-14(27)8-6-13/h5-8,11-12,15-17,26-27H,3-4,9-10,22H2,1-2H3,(H,23,29)(H,24,28)(H,31,32). The molecule has 0 spiro atoms. The van der Waals surface area contributed by atoms with Crippen LogP contribution in [0.15, 0.2) is 24.3 Å². The largest absolute Gasteiger partial charge is 0.508 e. The molecule has 1 aliphatic heterocycles. The summed E-state index contributed by atoms with van der Waals surface area (Å²) >= 11 is 0. The highest BCUT2D eigenvalue weighted by atomic mass is 16.4. The normalized spacial score (nSPS) is 19.5. The lowest BCUT2D eigenvalue weighted by Crippen LogP contribution is -2.57. The fraction of sp³-hybridized carbons (Fsp3) is 0.524. The molecule has 1 aromatic rings. The summed E-state index contributed by atoms with van der Waals surface area (Å²) in [4.78, 5) is 50.3. The van der Waals surface area contributed by atoms with Crippen LogP contribution in [0.1, 0.15) is 32.3 Å². The Morgan fingerprint density at radius 3 is 2.34 bits per heavy atom. The second kappa shape index (κ2) is 10.9. The highest BCUT2D eigenvalue weighted by Crippen LogP contribution is 2.20. The quantitative estimate of drug-likeness (QED) is 0.268. The third kappa shape index (κ3) is 6.41. The number of benzene rings is 1. The molecule has 1 aliphatic rings. The summed E-state index contributed by atoms with van der Waals surface area (Å²) in [6, 6.07) is 2.06. The summed E-state index contributed by atoms with van der Waals surface area (Å²) in [6.07, 6.45) is -0.0844. The minimum Gasteiger partial charge on any atom is -0.508 e. The SMILES string of the molecule is CC(NC(=O)C1CCCN1C(=O)C(N)Cc1ccc(O)cc1)C(=O)NC(C(=O)O)C(C)O. The molecule has 0 saturated carbocycles. The summed E-state index contributed by atoms with van der Waals surface area (Å²) < 4.78 is 0. The molecule has 1 fully saturated rings. The molecule has 1 saturated heterocycles. The van der Waals surface area contributed by atoms with Gasteiger partial charge in [-0.3, -0.25) is 14.4 Å². The molecular formula is C21H30N4O7. The maximum Gasteiger partial charge on any atom is 0.328 e. The van der Waals surface area contributed by atoms with Crippen molar-refractivity contribution in [3.05, 3.63) is 29.8 Å². The second-order valence-electron chi connectivity index (χ2n) is 7.96. The van der Waals surface area contributed by atoms with E-state index in [0.717, 1.165) is 5.56 Å². The van der Waals surface area contributed by atoms with Crippen molar-refractivity contribution in [2.45, 2.75) is 63.4 Å². The molecule has 11 nitrogen and oxygen atoms in total. The van der Waals surface area contributed by atoms with Gasteiger partial charge >= 0.3 is 5.97 Å². The van der Waals surface area contributed by atoms with Crippen LogP contribution < -0.4 is 16.4 Å². The number of aliphatic carboxylic acids is 1. The Bertz CT molecular complexity index is 843. The van der Waals surface area contributed by atoms with Gasteiger partial charge < -0.3 is 36.6 Å². The summed E-state index contributed by atoms with van der Waals surface area (Å²) in [5, 5.41) is 32.6. The van der Waals surface area contributed by atoms with Crippen LogP contribution in [0.3, 0.4) is 0 Å². The third-order valence-electron chi connectivity index (χ3n) is 5.35. The van der Waals surface area contributed by atoms with Crippen LogP contribution in [0.5, 0.6) is 5.75 Å². The molecule has 1 heterocycles. The predicted molar refractivity (Wildman–Crippen MR) is 113 cm³/mol. The molecule has 0 radical (unpaired) electrons. The zero-order chi connectivity index (χ0) is 24.0. The lowest BCUT2D eigenvalue weighted by Gasteiger charge is -2.28. The van der Waals surface area contributed by atoms with E-state index < -0.39 is 54.0 Å². The summed E-state index contributed by atoms with van der Waals surface area (Å²) in [6.45, 7) is 2.96. The number of carboxylic acid groups (broad SMARTS) is 1. The number of rotatable bonds is 9. The zero-order valence-electron chi connectivity index (χ0n) is 18.0. The number of aromatic hydroxyl groups is 1. The first kappa shape index (κ1) is 25.1. The molecule has 7 N–H and O–H groups in total. The van der Waals surface area contributed by atoms with Gasteiger partial charge in [-0.25, -0.2) is 4.79 Å². The average molecular weight is 450 g/mol. The van der Waals surface area contributed by atoms with E-state index in [1.54, 1.807) is 12.1 Å². The minimum atomic E-state index is -1.51. The molecule has 2 rings (SSSR count). The fourth-order valence-electron chi connectivity index (χ4n) is 3.53. The maximum absolute atomic E-state index is 12.8. The van der Waals surface area contributed by atoms with E-state index in [9.17, 15) is 29.4 Å². The van der Waals surface area contributed by atoms with Crippen molar-refractivity contribution in [3.8, 4) is 5.75 Å². The predicted octanol–water partition coefficient (Wildman–Crippen LogP) is -1.29. The van der Waals surface area contributed by atoms with Crippen molar-refractivity contribution in [1.82, 2.24) is 15.5 Å². The number of aliphatic hydroxyl groups excluding tert-OH is 1. The number of aliphatic hydroxyl groups is 1. The van der Waals surface area contributed by atoms with E-state index >= 15 is 0 Å². The van der Waals surface area contributed by atoms with Crippen molar-refractivity contribution in [3.63, 3.8) is 0 Å². The van der Waals surface area contributed by atoms with Gasteiger partial charge in [0, 0.05) is 6.54 Å². The number of phenolic OH excluding ortho intramolecular Hbond substituents is 1. The lowest BCUT2D eigenvalue weighted by molar-refractivity contribution is -0.145. The average Bonchev–Trinajstić information content (AvgIpc) is 3.22. The Morgan fingerprint density at radius 1 is 1.16 bits per heavy atom. The highest BCUT2D eigenvalue weighted by Gasteiger charge is 2.37. The first-order chi connectivity index (χ1) is 15.0. The highest BCUT2D eigenvalue weighted by molar-refractivity contribution is 5.94. The first-order valence-electron chi connectivity index (χ1n) is 10.4. The zero-order valence-corrected chi connectivity index (χ0v) is 18.0. The van der Waals surface area contributed by atoms with Crippen LogP contribution in [-0.4, -0.2) is 80.7 Å². The van der Waals surface area contributed by atoms with Crippen molar-refractivity contribution < 1.29 is 34.5 Å². The number of hydrogen-bond donors (Lipinski definition) is 6. The number of nitrogens with one attached hydrogen (secondary N) is 2. The van der Waals surface area contributed by atoms with Gasteiger partial charge in [-0.05, 0) is 50.8 Å². The van der Waals surface area contributed by atoms with Crippen molar-refractivity contribution >= 4 is 23.7 Å². The molecule has 0 bridgehead atoms. The van der Waals surface area contributed by atoms with E-state index in [1.807, 2.05) is 0 Å². The Hall–Kier alpha value is -3.18. The monoisotopic (exact) mass is 450 g/mol. The number of hydrogen-bond acceptors (Lipinski definition) is 7. The number of amides is 3. The van der Waals surface area contributed by atoms with Crippen LogP contribution in [-0.2, 0) is 25.6 Å². The number of carbonyl (C=O) groups is 4. The van der Waals surface area contributed by atoms with Gasteiger partial charge in [0.25, 0.3) is 0 Å². The molecule has 3 amide bonds. The van der Waals surface area contributed by atoms with Gasteiger partial charge in [-0.1, -0.05) is 12.1 Å². The number of likely N-dealkylation sites (tertiary alicyclic amines) is 1. The fourth-order valence-corrected chi connectivity index (χ4v) is 3.53. The summed E-state index contributed by atoms with van der Waals surface area (Å²) in [7, 11) is 0. The van der Waals surface area contributed by atoms with Crippen LogP contribution in [0.2, 0.25) is 0 Å². The molecule has 32 heavy (non-hydrogen) atoms. The first-order valence-corrected chi connectivity index (χ1v) is 10.4. The van der Waals surface area contributed by atoms with E-state index in [4.69, 9.17) is 10.8 Å². The molecule has 176 valence electrons. The molecule has 5 unspecified atom stereocenters. The molecule has 1 aromatic carbocycles. The van der Waals surface area contributed by atoms with Gasteiger partial charge in [0.2, 0.25) is 17.7 Å². The molecule has 0 aromatic heterocycles. The van der Waals surface area contributed by atoms with Crippen molar-refractivity contribution in [1.29, 1.82) is 0 Å². The maximum atomic E-state index is 12.8. The molecule has 5 atom stereocenters. The van der Waals surface area contributed by atoms with Gasteiger partial charge in [0.05, 0.1) is 12.1 Å². The van der Waals surface area contributed by atoms with E-state index in [-0.39, 0.29) is 12.2 Å². The number of carboxylic acids is 1. The van der Waals surface area contributed by atoms with Gasteiger partial charge in [0.1, 0.15) is 17.8 Å². The van der Waals surface area contributed by atoms with Crippen molar-refractivity contribution in [2.75, 3.05) is 6.54 Å². The Kier molecular flexibility index (Phi) is 8.56.